The second kappa shape index (κ2) is 6.40. The molecule has 96 valence electrons. The van der Waals surface area contributed by atoms with Gasteiger partial charge in [-0.25, -0.2) is 13.8 Å². The second-order valence-electron chi connectivity index (χ2n) is 3.33. The first-order valence-corrected chi connectivity index (χ1v) is 5.99. The van der Waals surface area contributed by atoms with Crippen molar-refractivity contribution in [1.29, 1.82) is 5.26 Å². The molecule has 0 spiro atoms. The zero-order chi connectivity index (χ0) is 13.7. The second-order valence-corrected chi connectivity index (χ2v) is 3.89. The van der Waals surface area contributed by atoms with Crippen LogP contribution in [0.1, 0.15) is 28.9 Å². The van der Waals surface area contributed by atoms with Crippen molar-refractivity contribution in [3.05, 3.63) is 28.6 Å². The predicted molar refractivity (Wildman–Crippen MR) is 62.3 cm³/mol. The van der Waals surface area contributed by atoms with E-state index in [2.05, 4.69) is 25.7 Å². The first-order valence-electron chi connectivity index (χ1n) is 4.87. The number of aromatic nitrogens is 1. The summed E-state index contributed by atoms with van der Waals surface area (Å²) < 4.78 is 29.7. The van der Waals surface area contributed by atoms with Crippen LogP contribution in [0.3, 0.4) is 0 Å². The third kappa shape index (κ3) is 3.23. The maximum absolute atomic E-state index is 12.6. The first kappa shape index (κ1) is 14.5. The Bertz CT molecular complexity index is 501. The average Bonchev–Trinajstić information content (AvgIpc) is 2.37. The van der Waals surface area contributed by atoms with Crippen LogP contribution in [0.25, 0.3) is 0 Å². The highest BCUT2D eigenvalue weighted by Crippen LogP contribution is 2.23. The summed E-state index contributed by atoms with van der Waals surface area (Å²) in [5.74, 6) is -0.633. The summed E-state index contributed by atoms with van der Waals surface area (Å²) in [6.07, 6.45) is -3.06. The molecule has 0 radical (unpaired) electrons. The van der Waals surface area contributed by atoms with E-state index in [0.717, 1.165) is 6.07 Å². The van der Waals surface area contributed by atoms with Gasteiger partial charge in [0.2, 0.25) is 0 Å². The van der Waals surface area contributed by atoms with E-state index in [1.165, 1.54) is 7.11 Å². The minimum Gasteiger partial charge on any atom is -0.469 e. The monoisotopic (exact) mass is 318 g/mol. The molecule has 0 amide bonds. The summed E-state index contributed by atoms with van der Waals surface area (Å²) >= 11 is 3.11. The Labute approximate surface area is 111 Å². The first-order chi connectivity index (χ1) is 8.53. The minimum atomic E-state index is -2.76. The number of hydrogen-bond donors (Lipinski definition) is 0. The van der Waals surface area contributed by atoms with Crippen molar-refractivity contribution in [2.75, 3.05) is 7.11 Å². The lowest BCUT2D eigenvalue weighted by Crippen LogP contribution is -2.11. The van der Waals surface area contributed by atoms with Gasteiger partial charge in [0.15, 0.2) is 0 Å². The Balaban J connectivity index is 3.32. The Morgan fingerprint density at radius 3 is 2.78 bits per heavy atom. The molecule has 0 saturated heterocycles. The number of nitrogens with zero attached hydrogens (tertiary/aromatic N) is 2. The molecule has 1 rings (SSSR count). The van der Waals surface area contributed by atoms with E-state index in [1.807, 2.05) is 6.07 Å². The van der Waals surface area contributed by atoms with E-state index < -0.39 is 18.1 Å². The van der Waals surface area contributed by atoms with Crippen LogP contribution in [0.5, 0.6) is 0 Å². The van der Waals surface area contributed by atoms with E-state index in [4.69, 9.17) is 5.26 Å². The number of pyridine rings is 1. The highest BCUT2D eigenvalue weighted by atomic mass is 79.9. The molecule has 4 nitrogen and oxygen atoms in total. The summed E-state index contributed by atoms with van der Waals surface area (Å²) in [6.45, 7) is 0. The van der Waals surface area contributed by atoms with E-state index in [-0.39, 0.29) is 23.0 Å². The molecule has 0 aliphatic carbocycles. The van der Waals surface area contributed by atoms with E-state index in [9.17, 15) is 13.6 Å². The molecule has 0 unspecified atom stereocenters. The molecule has 0 bridgehead atoms. The Morgan fingerprint density at radius 1 is 1.67 bits per heavy atom. The molecule has 0 aliphatic heterocycles. The van der Waals surface area contributed by atoms with Crippen LogP contribution in [-0.2, 0) is 21.3 Å². The van der Waals surface area contributed by atoms with Crippen LogP contribution in [0.2, 0.25) is 0 Å². The third-order valence-corrected chi connectivity index (χ3v) is 2.82. The summed E-state index contributed by atoms with van der Waals surface area (Å²) in [7, 11) is 1.18. The molecular formula is C11H9BrF2N2O2. The summed E-state index contributed by atoms with van der Waals surface area (Å²) in [4.78, 5) is 14.8. The number of ether oxygens (including phenoxy) is 1. The SMILES string of the molecule is COC(=O)Cc1nc(C(F)F)cc(CBr)c1C#N. The zero-order valence-electron chi connectivity index (χ0n) is 9.41. The molecule has 0 fully saturated rings. The van der Waals surface area contributed by atoms with E-state index >= 15 is 0 Å². The number of carbonyl (C=O) groups excluding carboxylic acids is 1. The number of methoxy groups -OCH3 is 1. The van der Waals surface area contributed by atoms with Crippen molar-refractivity contribution in [2.24, 2.45) is 0 Å². The van der Waals surface area contributed by atoms with Crippen LogP contribution in [0, 0.1) is 11.3 Å². The van der Waals surface area contributed by atoms with Gasteiger partial charge in [0.05, 0.1) is 24.8 Å². The van der Waals surface area contributed by atoms with Gasteiger partial charge in [0, 0.05) is 5.33 Å². The van der Waals surface area contributed by atoms with Crippen molar-refractivity contribution in [3.8, 4) is 6.07 Å². The van der Waals surface area contributed by atoms with Crippen molar-refractivity contribution in [2.45, 2.75) is 18.2 Å². The minimum absolute atomic E-state index is 0.0107. The fourth-order valence-corrected chi connectivity index (χ4v) is 1.81. The smallest absolute Gasteiger partial charge is 0.311 e. The van der Waals surface area contributed by atoms with Crippen molar-refractivity contribution in [1.82, 2.24) is 4.98 Å². The van der Waals surface area contributed by atoms with Crippen LogP contribution >= 0.6 is 15.9 Å². The number of halogens is 3. The Kier molecular flexibility index (Phi) is 5.16. The van der Waals surface area contributed by atoms with Crippen molar-refractivity contribution >= 4 is 21.9 Å². The largest absolute Gasteiger partial charge is 0.469 e. The predicted octanol–water partition coefficient (Wildman–Crippen LogP) is 2.50. The maximum atomic E-state index is 12.6. The molecule has 0 aromatic carbocycles. The quantitative estimate of drug-likeness (QED) is 0.632. The average molecular weight is 319 g/mol. The lowest BCUT2D eigenvalue weighted by molar-refractivity contribution is -0.139. The van der Waals surface area contributed by atoms with Crippen molar-refractivity contribution in [3.63, 3.8) is 0 Å². The molecule has 1 aromatic rings. The molecule has 7 heteroatoms. The molecule has 18 heavy (non-hydrogen) atoms. The van der Waals surface area contributed by atoms with Crippen molar-refractivity contribution < 1.29 is 18.3 Å². The van der Waals surface area contributed by atoms with Crippen LogP contribution in [0.15, 0.2) is 6.07 Å². The van der Waals surface area contributed by atoms with Gasteiger partial charge in [-0.3, -0.25) is 4.79 Å². The van der Waals surface area contributed by atoms with Crippen LogP contribution in [-0.4, -0.2) is 18.1 Å². The van der Waals surface area contributed by atoms with E-state index in [1.54, 1.807) is 0 Å². The molecule has 0 N–H and O–H groups in total. The third-order valence-electron chi connectivity index (χ3n) is 2.21. The number of hydrogen-bond acceptors (Lipinski definition) is 4. The molecule has 1 aromatic heterocycles. The van der Waals surface area contributed by atoms with Gasteiger partial charge in [-0.1, -0.05) is 15.9 Å². The van der Waals surface area contributed by atoms with Gasteiger partial charge in [-0.05, 0) is 11.6 Å². The molecule has 0 saturated carbocycles. The molecular weight excluding hydrogens is 310 g/mol. The fraction of sp³-hybridized carbons (Fsp3) is 0.364. The lowest BCUT2D eigenvalue weighted by atomic mass is 10.1. The maximum Gasteiger partial charge on any atom is 0.311 e. The summed E-state index contributed by atoms with van der Waals surface area (Å²) in [5.41, 5.74) is 0.0577. The van der Waals surface area contributed by atoms with Gasteiger partial charge in [-0.2, -0.15) is 5.26 Å². The number of carbonyl (C=O) groups is 1. The number of esters is 1. The summed E-state index contributed by atoms with van der Waals surface area (Å²) in [6, 6.07) is 3.02. The topological polar surface area (TPSA) is 63.0 Å². The van der Waals surface area contributed by atoms with E-state index in [0.29, 0.717) is 5.56 Å². The molecule has 0 aliphatic rings. The van der Waals surface area contributed by atoms with Gasteiger partial charge < -0.3 is 4.74 Å². The number of rotatable bonds is 4. The number of nitriles is 1. The van der Waals surface area contributed by atoms with Gasteiger partial charge in [-0.15, -0.1) is 0 Å². The van der Waals surface area contributed by atoms with Crippen LogP contribution in [0.4, 0.5) is 8.78 Å². The standard InChI is InChI=1S/C11H9BrF2N2O2/c1-18-10(17)3-8-7(5-15)6(4-12)2-9(16-8)11(13)14/h2,11H,3-4H2,1H3. The highest BCUT2D eigenvalue weighted by Gasteiger charge is 2.19. The summed E-state index contributed by atoms with van der Waals surface area (Å²) in [5, 5.41) is 9.22. The Hall–Kier alpha value is -1.55. The number of alkyl halides is 3. The van der Waals surface area contributed by atoms with Crippen LogP contribution < -0.4 is 0 Å². The van der Waals surface area contributed by atoms with Gasteiger partial charge in [0.1, 0.15) is 11.8 Å². The fourth-order valence-electron chi connectivity index (χ4n) is 1.37. The molecule has 1 heterocycles. The van der Waals surface area contributed by atoms with Gasteiger partial charge in [0.25, 0.3) is 6.43 Å². The lowest BCUT2D eigenvalue weighted by Gasteiger charge is -2.09. The highest BCUT2D eigenvalue weighted by molar-refractivity contribution is 9.08. The normalized spacial score (nSPS) is 10.2. The molecule has 0 atom stereocenters. The Morgan fingerprint density at radius 2 is 2.33 bits per heavy atom. The zero-order valence-corrected chi connectivity index (χ0v) is 11.0. The van der Waals surface area contributed by atoms with Gasteiger partial charge >= 0.3 is 5.97 Å².